The third kappa shape index (κ3) is 6.75. The number of carbonyl (C=O) groups is 2. The van der Waals surface area contributed by atoms with Gasteiger partial charge in [-0.2, -0.15) is 18.3 Å². The number of hydrogen-bond acceptors (Lipinski definition) is 6. The zero-order valence-electron chi connectivity index (χ0n) is 24.2. The van der Waals surface area contributed by atoms with Gasteiger partial charge in [0, 0.05) is 49.2 Å². The van der Waals surface area contributed by atoms with E-state index in [1.807, 2.05) is 0 Å². The van der Waals surface area contributed by atoms with Crippen LogP contribution in [-0.2, 0) is 51.0 Å². The average Bonchev–Trinajstić information content (AvgIpc) is 3.55. The highest BCUT2D eigenvalue weighted by atomic mass is 19.4. The first-order valence-corrected chi connectivity index (χ1v) is 14.0. The van der Waals surface area contributed by atoms with E-state index in [1.165, 1.54) is 24.1 Å². The lowest BCUT2D eigenvalue weighted by molar-refractivity contribution is -0.167. The molecule has 1 unspecified atom stereocenters. The topological polar surface area (TPSA) is 82.9 Å². The number of benzene rings is 2. The molecule has 0 N–H and O–H groups in total. The molecule has 1 aliphatic carbocycles. The van der Waals surface area contributed by atoms with Crippen LogP contribution in [0.5, 0.6) is 5.75 Å². The molecule has 1 aliphatic heterocycles. The molecule has 3 aromatic rings. The minimum absolute atomic E-state index is 0.0319. The van der Waals surface area contributed by atoms with Crippen molar-refractivity contribution >= 4 is 17.4 Å². The van der Waals surface area contributed by atoms with Crippen molar-refractivity contribution in [1.82, 2.24) is 9.78 Å². The molecule has 230 valence electrons. The van der Waals surface area contributed by atoms with Gasteiger partial charge in [-0.3, -0.25) is 14.3 Å². The first-order chi connectivity index (χ1) is 20.4. The van der Waals surface area contributed by atoms with Crippen molar-refractivity contribution in [3.05, 3.63) is 76.4 Å². The maximum Gasteiger partial charge on any atom is 0.435 e. The number of methoxy groups -OCH3 is 1. The number of alkyl halides is 3. The number of ether oxygens (including phenoxy) is 3. The van der Waals surface area contributed by atoms with Gasteiger partial charge in [-0.15, -0.1) is 0 Å². The lowest BCUT2D eigenvalue weighted by Crippen LogP contribution is -2.38. The lowest BCUT2D eigenvalue weighted by atomic mass is 9.89. The van der Waals surface area contributed by atoms with Crippen molar-refractivity contribution < 1.29 is 41.4 Å². The summed E-state index contributed by atoms with van der Waals surface area (Å²) in [5.74, 6) is -2.75. The van der Waals surface area contributed by atoms with Crippen molar-refractivity contribution in [3.63, 3.8) is 0 Å². The quantitative estimate of drug-likeness (QED) is 0.318. The van der Waals surface area contributed by atoms with Crippen LogP contribution in [0, 0.1) is 18.7 Å². The van der Waals surface area contributed by atoms with Crippen LogP contribution in [0.1, 0.15) is 40.9 Å². The number of ketones is 1. The van der Waals surface area contributed by atoms with Gasteiger partial charge in [0.05, 0.1) is 26.9 Å². The van der Waals surface area contributed by atoms with E-state index in [0.717, 1.165) is 4.68 Å². The van der Waals surface area contributed by atoms with E-state index < -0.39 is 47.6 Å². The highest BCUT2D eigenvalue weighted by Crippen LogP contribution is 2.41. The van der Waals surface area contributed by atoms with Crippen LogP contribution in [0.3, 0.4) is 0 Å². The van der Waals surface area contributed by atoms with E-state index in [2.05, 4.69) is 5.10 Å². The number of hydrogen-bond donors (Lipinski definition) is 0. The molecule has 1 aromatic heterocycles. The predicted molar refractivity (Wildman–Crippen MR) is 148 cm³/mol. The first kappa shape index (κ1) is 30.7. The summed E-state index contributed by atoms with van der Waals surface area (Å²) in [4.78, 5) is 28.6. The summed E-state index contributed by atoms with van der Waals surface area (Å²) in [5, 5.41) is 3.82. The molecule has 2 aliphatic rings. The number of aromatic nitrogens is 2. The molecule has 1 atom stereocenters. The summed E-state index contributed by atoms with van der Waals surface area (Å²) in [6.07, 6.45) is -4.53. The Balaban J connectivity index is 1.40. The molecule has 12 heteroatoms. The normalized spacial score (nSPS) is 16.6. The van der Waals surface area contributed by atoms with Crippen LogP contribution in [0.4, 0.5) is 23.2 Å². The van der Waals surface area contributed by atoms with Gasteiger partial charge in [0.2, 0.25) is 5.91 Å². The fraction of sp³-hybridized carbons (Fsp3) is 0.452. The molecule has 1 saturated heterocycles. The Morgan fingerprint density at radius 3 is 2.47 bits per heavy atom. The van der Waals surface area contributed by atoms with Crippen LogP contribution in [0.2, 0.25) is 0 Å². The van der Waals surface area contributed by atoms with Gasteiger partial charge in [0.25, 0.3) is 0 Å². The summed E-state index contributed by atoms with van der Waals surface area (Å²) in [5.41, 5.74) is 0.965. The standard InChI is InChI=1S/C31H33F4N3O5/c1-19-12-20(15-22(32)13-19)14-21(29(40)37(2)23-4-6-25(41-3)7-5-23)16-24(39)18-38-27-8-9-30(42-10-11-43-30)17-26(27)28(36-38)31(33,34)35/h4-7,12-13,15,21H,8-11,14,16-18H2,1-3H3. The number of fused-ring (bicyclic) bond motifs is 1. The Morgan fingerprint density at radius 2 is 1.84 bits per heavy atom. The van der Waals surface area contributed by atoms with Crippen LogP contribution >= 0.6 is 0 Å². The fourth-order valence-corrected chi connectivity index (χ4v) is 5.94. The second-order valence-electron chi connectivity index (χ2n) is 11.1. The summed E-state index contributed by atoms with van der Waals surface area (Å²) in [6, 6.07) is 11.2. The van der Waals surface area contributed by atoms with Crippen molar-refractivity contribution in [3.8, 4) is 5.75 Å². The van der Waals surface area contributed by atoms with Gasteiger partial charge < -0.3 is 19.1 Å². The number of amides is 1. The molecule has 2 heterocycles. The molecular formula is C31H33F4N3O5. The number of halogens is 4. The number of carbonyl (C=O) groups excluding carboxylic acids is 2. The minimum atomic E-state index is -4.73. The summed E-state index contributed by atoms with van der Waals surface area (Å²) >= 11 is 0. The summed E-state index contributed by atoms with van der Waals surface area (Å²) in [6.45, 7) is 1.89. The van der Waals surface area contributed by atoms with Crippen molar-refractivity contribution in [2.24, 2.45) is 5.92 Å². The molecule has 1 fully saturated rings. The second kappa shape index (κ2) is 12.1. The van der Waals surface area contributed by atoms with E-state index in [4.69, 9.17) is 14.2 Å². The summed E-state index contributed by atoms with van der Waals surface area (Å²) in [7, 11) is 3.09. The SMILES string of the molecule is COc1ccc(N(C)C(=O)C(CC(=O)Cn2nc(C(F)(F)F)c3c2CCC2(C3)OCCO2)Cc2cc(C)cc(F)c2)cc1. The van der Waals surface area contributed by atoms with Crippen molar-refractivity contribution in [2.75, 3.05) is 32.3 Å². The van der Waals surface area contributed by atoms with Crippen LogP contribution < -0.4 is 9.64 Å². The highest BCUT2D eigenvalue weighted by Gasteiger charge is 2.47. The Hall–Kier alpha value is -3.77. The number of aryl methyl sites for hydroxylation is 1. The second-order valence-corrected chi connectivity index (χ2v) is 11.1. The molecule has 2 aromatic carbocycles. The molecule has 43 heavy (non-hydrogen) atoms. The molecule has 1 amide bonds. The third-order valence-electron chi connectivity index (χ3n) is 7.96. The Kier molecular flexibility index (Phi) is 8.62. The first-order valence-electron chi connectivity index (χ1n) is 14.0. The Labute approximate surface area is 246 Å². The van der Waals surface area contributed by atoms with E-state index in [-0.39, 0.29) is 31.2 Å². The molecule has 0 radical (unpaired) electrons. The number of Topliss-reactive ketones (excluding diaryl/α,β-unsaturated/α-hetero) is 1. The van der Waals surface area contributed by atoms with Gasteiger partial charge in [-0.05, 0) is 67.3 Å². The van der Waals surface area contributed by atoms with E-state index in [1.54, 1.807) is 44.3 Å². The van der Waals surface area contributed by atoms with Gasteiger partial charge >= 0.3 is 6.18 Å². The van der Waals surface area contributed by atoms with Crippen LogP contribution in [0.15, 0.2) is 42.5 Å². The maximum absolute atomic E-state index is 14.2. The third-order valence-corrected chi connectivity index (χ3v) is 7.96. The van der Waals surface area contributed by atoms with E-state index >= 15 is 0 Å². The van der Waals surface area contributed by atoms with Crippen molar-refractivity contribution in [1.29, 1.82) is 0 Å². The van der Waals surface area contributed by atoms with Gasteiger partial charge in [0.1, 0.15) is 11.6 Å². The zero-order chi connectivity index (χ0) is 30.9. The van der Waals surface area contributed by atoms with Gasteiger partial charge in [-0.1, -0.05) is 6.07 Å². The minimum Gasteiger partial charge on any atom is -0.497 e. The predicted octanol–water partition coefficient (Wildman–Crippen LogP) is 5.07. The number of rotatable bonds is 9. The zero-order valence-corrected chi connectivity index (χ0v) is 24.2. The van der Waals surface area contributed by atoms with Gasteiger partial charge in [0.15, 0.2) is 17.3 Å². The molecular weight excluding hydrogens is 570 g/mol. The monoisotopic (exact) mass is 603 g/mol. The highest BCUT2D eigenvalue weighted by molar-refractivity contribution is 5.97. The van der Waals surface area contributed by atoms with Crippen LogP contribution in [0.25, 0.3) is 0 Å². The van der Waals surface area contributed by atoms with E-state index in [0.29, 0.717) is 47.9 Å². The van der Waals surface area contributed by atoms with Crippen molar-refractivity contribution in [2.45, 2.75) is 57.5 Å². The van der Waals surface area contributed by atoms with Crippen LogP contribution in [-0.4, -0.2) is 54.6 Å². The Morgan fingerprint density at radius 1 is 1.14 bits per heavy atom. The van der Waals surface area contributed by atoms with E-state index in [9.17, 15) is 27.2 Å². The largest absolute Gasteiger partial charge is 0.497 e. The number of anilines is 1. The molecule has 1 spiro atoms. The molecule has 0 bridgehead atoms. The smallest absolute Gasteiger partial charge is 0.435 e. The summed E-state index contributed by atoms with van der Waals surface area (Å²) < 4.78 is 73.8. The number of nitrogens with zero attached hydrogens (tertiary/aromatic N) is 3. The molecule has 0 saturated carbocycles. The maximum atomic E-state index is 14.2. The fourth-order valence-electron chi connectivity index (χ4n) is 5.94. The molecule has 8 nitrogen and oxygen atoms in total. The molecule has 5 rings (SSSR count). The Bertz CT molecular complexity index is 1480. The lowest BCUT2D eigenvalue weighted by Gasteiger charge is -2.32. The van der Waals surface area contributed by atoms with Gasteiger partial charge in [-0.25, -0.2) is 4.39 Å². The average molecular weight is 604 g/mol.